The lowest BCUT2D eigenvalue weighted by molar-refractivity contribution is 0.419. The minimum absolute atomic E-state index is 0.0710. The molecule has 0 saturated heterocycles. The molecule has 0 atom stereocenters. The predicted octanol–water partition coefficient (Wildman–Crippen LogP) is 3.27. The zero-order chi connectivity index (χ0) is 16.9. The fourth-order valence-corrected chi connectivity index (χ4v) is 2.39. The number of aliphatic hydroxyl groups excluding tert-OH is 1. The van der Waals surface area contributed by atoms with Crippen molar-refractivity contribution in [3.8, 4) is 11.3 Å². The maximum absolute atomic E-state index is 12.3. The highest BCUT2D eigenvalue weighted by molar-refractivity contribution is 5.69. The lowest BCUT2D eigenvalue weighted by Crippen LogP contribution is -2.27. The van der Waals surface area contributed by atoms with Crippen LogP contribution in [0.2, 0.25) is 0 Å². The van der Waals surface area contributed by atoms with Gasteiger partial charge in [0.2, 0.25) is 0 Å². The summed E-state index contributed by atoms with van der Waals surface area (Å²) in [6.45, 7) is 1.88. The van der Waals surface area contributed by atoms with Gasteiger partial charge in [0, 0.05) is 11.6 Å². The average Bonchev–Trinajstić information content (AvgIpc) is 2.58. The summed E-state index contributed by atoms with van der Waals surface area (Å²) < 4.78 is 1.34. The maximum Gasteiger partial charge on any atom is 0.364 e. The number of rotatable bonds is 4. The van der Waals surface area contributed by atoms with Crippen LogP contribution in [-0.2, 0) is 6.54 Å². The summed E-state index contributed by atoms with van der Waals surface area (Å²) >= 11 is 0. The van der Waals surface area contributed by atoms with E-state index in [0.717, 1.165) is 11.1 Å². The quantitative estimate of drug-likeness (QED) is 0.749. The van der Waals surface area contributed by atoms with E-state index < -0.39 is 5.69 Å². The van der Waals surface area contributed by atoms with E-state index in [-0.39, 0.29) is 5.76 Å². The van der Waals surface area contributed by atoms with Gasteiger partial charge in [-0.3, -0.25) is 0 Å². The molecule has 3 aromatic rings. The van der Waals surface area contributed by atoms with Gasteiger partial charge < -0.3 is 5.11 Å². The van der Waals surface area contributed by atoms with E-state index >= 15 is 0 Å². The number of aliphatic hydroxyl groups is 1. The van der Waals surface area contributed by atoms with Crippen LogP contribution in [-0.4, -0.2) is 19.9 Å². The van der Waals surface area contributed by atoms with Crippen molar-refractivity contribution in [2.24, 2.45) is 0 Å². The standard InChI is InChI=1S/C19H17N3O2/c1-14(23)12-17-18(16-10-6-3-7-11-16)21-22(19(24)20-17)13-15-8-4-2-5-9-15/h2-12,23H,13H2,1H3/b14-12-. The molecule has 0 spiro atoms. The third-order valence-electron chi connectivity index (χ3n) is 3.47. The number of benzene rings is 2. The smallest absolute Gasteiger partial charge is 0.364 e. The Morgan fingerprint density at radius 2 is 1.71 bits per heavy atom. The molecule has 2 aromatic carbocycles. The van der Waals surface area contributed by atoms with E-state index in [0.29, 0.717) is 17.9 Å². The van der Waals surface area contributed by atoms with Crippen LogP contribution in [0.4, 0.5) is 0 Å². The zero-order valence-electron chi connectivity index (χ0n) is 13.3. The second-order valence-electron chi connectivity index (χ2n) is 5.42. The summed E-state index contributed by atoms with van der Waals surface area (Å²) in [7, 11) is 0. The van der Waals surface area contributed by atoms with E-state index in [2.05, 4.69) is 10.1 Å². The van der Waals surface area contributed by atoms with E-state index in [9.17, 15) is 9.90 Å². The van der Waals surface area contributed by atoms with Crippen LogP contribution in [0.25, 0.3) is 17.3 Å². The van der Waals surface area contributed by atoms with Gasteiger partial charge in [-0.1, -0.05) is 60.7 Å². The molecule has 0 aliphatic heterocycles. The van der Waals surface area contributed by atoms with E-state index in [1.165, 1.54) is 17.7 Å². The molecule has 24 heavy (non-hydrogen) atoms. The molecule has 5 heteroatoms. The average molecular weight is 319 g/mol. The van der Waals surface area contributed by atoms with Crippen molar-refractivity contribution in [1.82, 2.24) is 14.8 Å². The number of hydrogen-bond donors (Lipinski definition) is 1. The molecule has 0 aliphatic carbocycles. The maximum atomic E-state index is 12.3. The molecule has 1 aromatic heterocycles. The van der Waals surface area contributed by atoms with Crippen molar-refractivity contribution in [3.63, 3.8) is 0 Å². The molecule has 120 valence electrons. The lowest BCUT2D eigenvalue weighted by atomic mass is 10.1. The molecule has 0 amide bonds. The van der Waals surface area contributed by atoms with Crippen LogP contribution in [0.5, 0.6) is 0 Å². The van der Waals surface area contributed by atoms with Crippen molar-refractivity contribution in [2.75, 3.05) is 0 Å². The number of hydrogen-bond acceptors (Lipinski definition) is 4. The van der Waals surface area contributed by atoms with Gasteiger partial charge in [0.05, 0.1) is 12.3 Å². The summed E-state index contributed by atoms with van der Waals surface area (Å²) in [5.74, 6) is 0.0710. The number of aromatic nitrogens is 3. The SMILES string of the molecule is C/C(O)=C/c1nc(=O)n(Cc2ccccc2)nc1-c1ccccc1. The van der Waals surface area contributed by atoms with Crippen LogP contribution in [0.3, 0.4) is 0 Å². The first-order valence-corrected chi connectivity index (χ1v) is 7.59. The second kappa shape index (κ2) is 6.91. The van der Waals surface area contributed by atoms with Crippen LogP contribution in [0.1, 0.15) is 18.2 Å². The van der Waals surface area contributed by atoms with Gasteiger partial charge in [0.15, 0.2) is 0 Å². The van der Waals surface area contributed by atoms with Crippen molar-refractivity contribution in [1.29, 1.82) is 0 Å². The minimum atomic E-state index is -0.453. The van der Waals surface area contributed by atoms with Crippen molar-refractivity contribution >= 4 is 6.08 Å². The normalized spacial score (nSPS) is 11.5. The van der Waals surface area contributed by atoms with Gasteiger partial charge in [0.1, 0.15) is 11.4 Å². The molecule has 1 heterocycles. The molecular formula is C19H17N3O2. The zero-order valence-corrected chi connectivity index (χ0v) is 13.3. The molecule has 0 bridgehead atoms. The third-order valence-corrected chi connectivity index (χ3v) is 3.47. The Labute approximate surface area is 139 Å². The largest absolute Gasteiger partial charge is 0.513 e. The van der Waals surface area contributed by atoms with Crippen LogP contribution >= 0.6 is 0 Å². The van der Waals surface area contributed by atoms with Gasteiger partial charge >= 0.3 is 5.69 Å². The summed E-state index contributed by atoms with van der Waals surface area (Å²) in [5, 5.41) is 14.0. The third kappa shape index (κ3) is 3.57. The summed E-state index contributed by atoms with van der Waals surface area (Å²) in [4.78, 5) is 16.4. The van der Waals surface area contributed by atoms with Gasteiger partial charge in [-0.05, 0) is 12.5 Å². The highest BCUT2D eigenvalue weighted by Gasteiger charge is 2.12. The van der Waals surface area contributed by atoms with Crippen molar-refractivity contribution in [3.05, 3.63) is 88.2 Å². The summed E-state index contributed by atoms with van der Waals surface area (Å²) in [6, 6.07) is 19.1. The topological polar surface area (TPSA) is 68.0 Å². The van der Waals surface area contributed by atoms with Crippen LogP contribution in [0.15, 0.2) is 71.2 Å². The Hall–Kier alpha value is -3.21. The van der Waals surface area contributed by atoms with E-state index in [4.69, 9.17) is 0 Å². The van der Waals surface area contributed by atoms with Gasteiger partial charge in [0.25, 0.3) is 0 Å². The molecule has 0 aliphatic rings. The Balaban J connectivity index is 2.12. The van der Waals surface area contributed by atoms with Crippen LogP contribution in [0, 0.1) is 0 Å². The number of allylic oxidation sites excluding steroid dienone is 1. The Bertz CT molecular complexity index is 912. The van der Waals surface area contributed by atoms with Gasteiger partial charge in [-0.2, -0.15) is 10.1 Å². The molecule has 3 rings (SSSR count). The Morgan fingerprint density at radius 1 is 1.08 bits per heavy atom. The molecule has 1 N–H and O–H groups in total. The van der Waals surface area contributed by atoms with E-state index in [1.807, 2.05) is 60.7 Å². The van der Waals surface area contributed by atoms with Crippen LogP contribution < -0.4 is 5.69 Å². The predicted molar refractivity (Wildman–Crippen MR) is 93.6 cm³/mol. The first kappa shape index (κ1) is 15.7. The van der Waals surface area contributed by atoms with Gasteiger partial charge in [-0.25, -0.2) is 9.48 Å². The number of nitrogens with zero attached hydrogens (tertiary/aromatic N) is 3. The Morgan fingerprint density at radius 3 is 2.33 bits per heavy atom. The highest BCUT2D eigenvalue weighted by atomic mass is 16.3. The van der Waals surface area contributed by atoms with Crippen molar-refractivity contribution < 1.29 is 5.11 Å². The molecule has 0 unspecified atom stereocenters. The van der Waals surface area contributed by atoms with E-state index in [1.54, 1.807) is 0 Å². The molecule has 0 radical (unpaired) electrons. The summed E-state index contributed by atoms with van der Waals surface area (Å²) in [6.07, 6.45) is 1.45. The molecular weight excluding hydrogens is 302 g/mol. The lowest BCUT2D eigenvalue weighted by Gasteiger charge is -2.09. The monoisotopic (exact) mass is 319 g/mol. The molecule has 0 fully saturated rings. The second-order valence-corrected chi connectivity index (χ2v) is 5.42. The van der Waals surface area contributed by atoms with Crippen molar-refractivity contribution in [2.45, 2.75) is 13.5 Å². The first-order valence-electron chi connectivity index (χ1n) is 7.59. The fraction of sp³-hybridized carbons (Fsp3) is 0.105. The first-order chi connectivity index (χ1) is 11.6. The van der Waals surface area contributed by atoms with Gasteiger partial charge in [-0.15, -0.1) is 0 Å². The molecule has 5 nitrogen and oxygen atoms in total. The fourth-order valence-electron chi connectivity index (χ4n) is 2.39. The Kier molecular flexibility index (Phi) is 4.52. The minimum Gasteiger partial charge on any atom is -0.513 e. The highest BCUT2D eigenvalue weighted by Crippen LogP contribution is 2.20. The molecule has 0 saturated carbocycles. The summed E-state index contributed by atoms with van der Waals surface area (Å²) in [5.41, 5.74) is 2.26.